The van der Waals surface area contributed by atoms with E-state index in [2.05, 4.69) is 3.63 Å². The Hall–Kier alpha value is -0.910. The van der Waals surface area contributed by atoms with E-state index in [4.69, 9.17) is 11.6 Å². The number of hydrogen-bond acceptors (Lipinski definition) is 3. The molecule has 29 heavy (non-hydrogen) atoms. The summed E-state index contributed by atoms with van der Waals surface area (Å²) >= 11 is 5.82. The van der Waals surface area contributed by atoms with E-state index in [9.17, 15) is 34.8 Å². The van der Waals surface area contributed by atoms with E-state index in [1.807, 2.05) is 0 Å². The lowest BCUT2D eigenvalue weighted by molar-refractivity contribution is -0.0547. The van der Waals surface area contributed by atoms with Crippen LogP contribution < -0.4 is 0 Å². The molecule has 3 nitrogen and oxygen atoms in total. The predicted molar refractivity (Wildman–Crippen MR) is 98.6 cm³/mol. The molecule has 12 heteroatoms. The molecular formula is C17H17ClF6O3S2. The molecule has 0 aromatic heterocycles. The number of hydrogen-bond donors (Lipinski definition) is 0. The molecule has 164 valence electrons. The fourth-order valence-corrected chi connectivity index (χ4v) is 8.76. The lowest BCUT2D eigenvalue weighted by Gasteiger charge is -2.41. The van der Waals surface area contributed by atoms with Gasteiger partial charge >= 0.3 is 21.1 Å². The Kier molecular flexibility index (Phi) is 6.01. The van der Waals surface area contributed by atoms with Crippen molar-refractivity contribution in [1.29, 1.82) is 0 Å². The van der Waals surface area contributed by atoms with Gasteiger partial charge in [0.1, 0.15) is 0 Å². The molecule has 0 radical (unpaired) electrons. The van der Waals surface area contributed by atoms with Crippen molar-refractivity contribution >= 4 is 38.1 Å². The topological polar surface area (TPSA) is 43.4 Å². The second-order valence-electron chi connectivity index (χ2n) is 6.89. The number of benzene rings is 1. The Balaban J connectivity index is 2.26. The van der Waals surface area contributed by atoms with E-state index in [0.29, 0.717) is 25.7 Å². The summed E-state index contributed by atoms with van der Waals surface area (Å²) in [5.74, 6) is -0.733. The summed E-state index contributed by atoms with van der Waals surface area (Å²) in [6, 6.07) is 3.38. The zero-order valence-corrected chi connectivity index (χ0v) is 17.2. The van der Waals surface area contributed by atoms with Gasteiger partial charge in [-0.3, -0.25) is 0 Å². The van der Waals surface area contributed by atoms with E-state index in [1.165, 1.54) is 12.1 Å². The molecule has 1 aromatic carbocycles. The average molecular weight is 483 g/mol. The van der Waals surface area contributed by atoms with Crippen LogP contribution in [0, 0.1) is 5.92 Å². The number of rotatable bonds is 3. The summed E-state index contributed by atoms with van der Waals surface area (Å²) in [7, 11) is -11.5. The Morgan fingerprint density at radius 2 is 1.59 bits per heavy atom. The number of allylic oxidation sites excluding steroid dienone is 1. The summed E-state index contributed by atoms with van der Waals surface area (Å²) in [5, 5.41) is -0.159. The van der Waals surface area contributed by atoms with Gasteiger partial charge < -0.3 is 0 Å². The molecule has 0 bridgehead atoms. The second-order valence-corrected chi connectivity index (χ2v) is 11.7. The molecular weight excluding hydrogens is 466 g/mol. The molecule has 0 amide bonds. The van der Waals surface area contributed by atoms with Gasteiger partial charge in [0.25, 0.3) is 0 Å². The van der Waals surface area contributed by atoms with Crippen LogP contribution >= 0.6 is 21.9 Å². The van der Waals surface area contributed by atoms with Gasteiger partial charge in [0, 0.05) is 25.1 Å². The predicted octanol–water partition coefficient (Wildman–Crippen LogP) is 7.13. The van der Waals surface area contributed by atoms with Crippen LogP contribution in [0.4, 0.5) is 26.3 Å². The fraction of sp³-hybridized carbons (Fsp3) is 0.529. The fourth-order valence-electron chi connectivity index (χ4n) is 3.70. The molecule has 1 aromatic rings. The van der Waals surface area contributed by atoms with Crippen molar-refractivity contribution in [3.05, 3.63) is 33.7 Å². The maximum absolute atomic E-state index is 14.4. The van der Waals surface area contributed by atoms with Crippen LogP contribution in [0.3, 0.4) is 0 Å². The van der Waals surface area contributed by atoms with Crippen LogP contribution in [0.2, 0.25) is 5.02 Å². The van der Waals surface area contributed by atoms with E-state index in [0.717, 1.165) is 25.0 Å². The van der Waals surface area contributed by atoms with E-state index >= 15 is 0 Å². The number of halogens is 7. The summed E-state index contributed by atoms with van der Waals surface area (Å²) in [6.45, 7) is 0. The third kappa shape index (κ3) is 4.03. The normalized spacial score (nSPS) is 26.4. The third-order valence-electron chi connectivity index (χ3n) is 4.97. The highest BCUT2D eigenvalue weighted by molar-refractivity contribution is 8.37. The molecule has 1 saturated carbocycles. The van der Waals surface area contributed by atoms with Crippen molar-refractivity contribution in [3.63, 3.8) is 0 Å². The Morgan fingerprint density at radius 3 is 2.10 bits per heavy atom. The van der Waals surface area contributed by atoms with Gasteiger partial charge in [-0.05, 0) is 42.5 Å². The lowest BCUT2D eigenvalue weighted by atomic mass is 9.98. The van der Waals surface area contributed by atoms with Gasteiger partial charge in [0.15, 0.2) is 0 Å². The summed E-state index contributed by atoms with van der Waals surface area (Å²) < 4.78 is 110. The molecule has 2 aliphatic rings. The highest BCUT2D eigenvalue weighted by atomic mass is 35.5. The van der Waals surface area contributed by atoms with Crippen molar-refractivity contribution in [2.24, 2.45) is 5.92 Å². The minimum Gasteiger partial charge on any atom is -0.196 e. The smallest absolute Gasteiger partial charge is 0.196 e. The molecule has 3 rings (SSSR count). The SMILES string of the molecule is O=S(=O)(OS1(C(F)(F)F)C(C2CCCCCC2)=Cc2ccc(Cl)cc21)C(F)(F)F. The van der Waals surface area contributed by atoms with Crippen LogP contribution in [0.25, 0.3) is 6.08 Å². The molecule has 1 heterocycles. The van der Waals surface area contributed by atoms with Crippen LogP contribution in [-0.4, -0.2) is 19.4 Å². The average Bonchev–Trinajstić information content (AvgIpc) is 2.74. The first-order valence-corrected chi connectivity index (χ1v) is 12.1. The van der Waals surface area contributed by atoms with Gasteiger partial charge in [0.2, 0.25) is 0 Å². The van der Waals surface area contributed by atoms with Gasteiger partial charge in [-0.2, -0.15) is 38.4 Å². The van der Waals surface area contributed by atoms with E-state index in [1.54, 1.807) is 0 Å². The van der Waals surface area contributed by atoms with Gasteiger partial charge in [0.05, 0.1) is 0 Å². The minimum absolute atomic E-state index is 0.0293. The highest BCUT2D eigenvalue weighted by Crippen LogP contribution is 2.80. The van der Waals surface area contributed by atoms with Crippen molar-refractivity contribution < 1.29 is 38.4 Å². The van der Waals surface area contributed by atoms with Crippen molar-refractivity contribution in [3.8, 4) is 0 Å². The van der Waals surface area contributed by atoms with E-state index < -0.39 is 47.2 Å². The lowest BCUT2D eigenvalue weighted by Crippen LogP contribution is -2.33. The monoisotopic (exact) mass is 482 g/mol. The van der Waals surface area contributed by atoms with E-state index in [-0.39, 0.29) is 10.6 Å². The quantitative estimate of drug-likeness (QED) is 0.261. The molecule has 1 aliphatic carbocycles. The second kappa shape index (κ2) is 7.65. The largest absolute Gasteiger partial charge is 0.523 e. The maximum atomic E-state index is 14.4. The Morgan fingerprint density at radius 1 is 1.00 bits per heavy atom. The van der Waals surface area contributed by atoms with Gasteiger partial charge in [-0.25, -0.2) is 0 Å². The Labute approximate surface area is 170 Å². The molecule has 1 atom stereocenters. The first-order valence-electron chi connectivity index (χ1n) is 8.73. The molecule has 0 spiro atoms. The molecule has 0 saturated heterocycles. The Bertz CT molecular complexity index is 918. The summed E-state index contributed by atoms with van der Waals surface area (Å²) in [4.78, 5) is -1.10. The molecule has 0 N–H and O–H groups in total. The first kappa shape index (κ1) is 22.8. The summed E-state index contributed by atoms with van der Waals surface area (Å²) in [5.41, 5.74) is -11.4. The first-order chi connectivity index (χ1) is 13.3. The number of alkyl halides is 6. The molecule has 1 fully saturated rings. The van der Waals surface area contributed by atoms with Crippen LogP contribution in [0.15, 0.2) is 28.0 Å². The van der Waals surface area contributed by atoms with Crippen molar-refractivity contribution in [1.82, 2.24) is 0 Å². The van der Waals surface area contributed by atoms with Gasteiger partial charge in [-0.15, -0.1) is 0 Å². The molecule has 1 aliphatic heterocycles. The number of fused-ring (bicyclic) bond motifs is 1. The van der Waals surface area contributed by atoms with Crippen molar-refractivity contribution in [2.45, 2.75) is 54.4 Å². The maximum Gasteiger partial charge on any atom is 0.523 e. The van der Waals surface area contributed by atoms with Crippen LogP contribution in [0.1, 0.15) is 44.1 Å². The van der Waals surface area contributed by atoms with Crippen molar-refractivity contribution in [2.75, 3.05) is 0 Å². The molecule has 1 unspecified atom stereocenters. The zero-order chi connectivity index (χ0) is 21.7. The highest BCUT2D eigenvalue weighted by Gasteiger charge is 2.65. The van der Waals surface area contributed by atoms with Gasteiger partial charge in [-0.1, -0.05) is 43.4 Å². The van der Waals surface area contributed by atoms with Crippen LogP contribution in [0.5, 0.6) is 0 Å². The standard InChI is InChI=1S/C17H17ClF6O3S2/c18-13-8-7-12-9-14(11-5-3-1-2-4-6-11)28(15(12)10-13,16(19,20)21)27-29(25,26)17(22,23)24/h7-11H,1-6H2. The summed E-state index contributed by atoms with van der Waals surface area (Å²) in [6.07, 6.45) is 4.53. The third-order valence-corrected chi connectivity index (χ3v) is 10.0. The zero-order valence-electron chi connectivity index (χ0n) is 14.8. The van der Waals surface area contributed by atoms with Crippen LogP contribution in [-0.2, 0) is 13.7 Å². The minimum atomic E-state index is -6.53.